The third-order valence-electron chi connectivity index (χ3n) is 13.4. The molecule has 2 aromatic carbocycles. The normalized spacial score (nSPS) is 24.8. The largest absolute Gasteiger partial charge is 0.465 e. The number of nitrogens with one attached hydrogen (secondary N) is 2. The molecule has 0 spiro atoms. The highest BCUT2D eigenvalue weighted by Crippen LogP contribution is 2.38. The van der Waals surface area contributed by atoms with E-state index in [1.807, 2.05) is 22.2 Å². The second-order valence-electron chi connectivity index (χ2n) is 16.7. The third-order valence-corrected chi connectivity index (χ3v) is 13.4. The molecule has 4 aliphatic rings. The summed E-state index contributed by atoms with van der Waals surface area (Å²) < 4.78 is 0. The number of imidazole rings is 2. The molecular weight excluding hydrogens is 737 g/mol. The average molecular weight is 791 g/mol. The SMILES string of the molecule is CN(C(=O)O)C1CCC(C(=O)N2CCC[C@H]2c2ncc(-c3ccc(-c4ccc(-c5cnc([C@@H]6CCCN6C(=O)C6CCC(N(C)C(=O)O)CC6)[nH]5)cc4)cc3)[nH]2)CC1. The summed E-state index contributed by atoms with van der Waals surface area (Å²) in [5, 5.41) is 18.7. The number of nitrogens with zero attached hydrogens (tertiary/aromatic N) is 6. The number of aromatic amines is 2. The molecule has 4 aromatic rings. The van der Waals surface area contributed by atoms with Gasteiger partial charge in [-0.25, -0.2) is 19.6 Å². The summed E-state index contributed by atoms with van der Waals surface area (Å²) in [7, 11) is 3.23. The molecule has 14 nitrogen and oxygen atoms in total. The molecule has 2 saturated carbocycles. The lowest BCUT2D eigenvalue weighted by molar-refractivity contribution is -0.138. The number of carbonyl (C=O) groups is 4. The Hall–Kier alpha value is -5.66. The van der Waals surface area contributed by atoms with Crippen LogP contribution in [0.5, 0.6) is 0 Å². The number of aromatic nitrogens is 4. The third kappa shape index (κ3) is 7.93. The highest BCUT2D eigenvalue weighted by Gasteiger charge is 2.39. The van der Waals surface area contributed by atoms with E-state index in [0.717, 1.165) is 71.0 Å². The first-order chi connectivity index (χ1) is 28.0. The summed E-state index contributed by atoms with van der Waals surface area (Å²) in [6.45, 7) is 1.42. The van der Waals surface area contributed by atoms with Crippen molar-refractivity contribution in [3.63, 3.8) is 0 Å². The first-order valence-electron chi connectivity index (χ1n) is 20.9. The Bertz CT molecular complexity index is 1950. The van der Waals surface area contributed by atoms with Crippen LogP contribution in [0.4, 0.5) is 9.59 Å². The van der Waals surface area contributed by atoms with E-state index in [-0.39, 0.29) is 47.8 Å². The minimum atomic E-state index is -0.919. The lowest BCUT2D eigenvalue weighted by atomic mass is 9.84. The van der Waals surface area contributed by atoms with Gasteiger partial charge in [0.1, 0.15) is 11.6 Å². The van der Waals surface area contributed by atoms with Crippen LogP contribution in [0.2, 0.25) is 0 Å². The van der Waals surface area contributed by atoms with Gasteiger partial charge >= 0.3 is 12.2 Å². The molecule has 4 fully saturated rings. The zero-order chi connectivity index (χ0) is 40.5. The van der Waals surface area contributed by atoms with Crippen molar-refractivity contribution in [3.05, 3.63) is 72.6 Å². The van der Waals surface area contributed by atoms with Gasteiger partial charge in [-0.05, 0) is 99.3 Å². The van der Waals surface area contributed by atoms with Crippen molar-refractivity contribution in [1.82, 2.24) is 39.5 Å². The molecule has 4 heterocycles. The predicted octanol–water partition coefficient (Wildman–Crippen LogP) is 7.80. The summed E-state index contributed by atoms with van der Waals surface area (Å²) in [5.74, 6) is 1.77. The topological polar surface area (TPSA) is 179 Å². The zero-order valence-corrected chi connectivity index (χ0v) is 33.3. The Balaban J connectivity index is 0.867. The van der Waals surface area contributed by atoms with Crippen molar-refractivity contribution < 1.29 is 29.4 Å². The van der Waals surface area contributed by atoms with Gasteiger partial charge in [-0.3, -0.25) is 9.59 Å². The molecule has 0 unspecified atom stereocenters. The van der Waals surface area contributed by atoms with Crippen molar-refractivity contribution in [2.75, 3.05) is 27.2 Å². The van der Waals surface area contributed by atoms with Crippen LogP contribution in [0.25, 0.3) is 33.6 Å². The van der Waals surface area contributed by atoms with Crippen LogP contribution < -0.4 is 0 Å². The maximum atomic E-state index is 13.6. The van der Waals surface area contributed by atoms with E-state index in [9.17, 15) is 29.4 Å². The highest BCUT2D eigenvalue weighted by molar-refractivity contribution is 5.80. The van der Waals surface area contributed by atoms with Gasteiger partial charge < -0.3 is 39.8 Å². The highest BCUT2D eigenvalue weighted by atomic mass is 16.4. The van der Waals surface area contributed by atoms with E-state index < -0.39 is 12.2 Å². The van der Waals surface area contributed by atoms with Crippen molar-refractivity contribution in [3.8, 4) is 33.6 Å². The Kier molecular flexibility index (Phi) is 11.3. The monoisotopic (exact) mass is 790 g/mol. The first kappa shape index (κ1) is 39.2. The van der Waals surface area contributed by atoms with Gasteiger partial charge in [0.15, 0.2) is 0 Å². The molecule has 2 aliphatic heterocycles. The fraction of sp³-hybridized carbons (Fsp3) is 0.500. The zero-order valence-electron chi connectivity index (χ0n) is 33.3. The van der Waals surface area contributed by atoms with Gasteiger partial charge in [-0.2, -0.15) is 0 Å². The average Bonchev–Trinajstić information content (AvgIpc) is 4.10. The summed E-state index contributed by atoms with van der Waals surface area (Å²) in [6, 6.07) is 16.5. The Labute approximate surface area is 338 Å². The smallest absolute Gasteiger partial charge is 0.407 e. The van der Waals surface area contributed by atoms with Crippen molar-refractivity contribution in [1.29, 1.82) is 0 Å². The van der Waals surface area contributed by atoms with Crippen LogP contribution in [0, 0.1) is 11.8 Å². The van der Waals surface area contributed by atoms with E-state index >= 15 is 0 Å². The standard InChI is InChI=1S/C44H54N8O6/c1-49(43(55)56)33-19-15-31(16-20-33)41(53)51-23-3-5-37(51)39-45-25-35(47-39)29-11-7-27(8-12-29)28-9-13-30(14-10-28)36-26-46-40(48-36)38-6-4-24-52(38)42(54)32-17-21-34(22-18-32)50(2)44(57)58/h7-14,25-26,31-34,37-38H,3-6,15-24H2,1-2H3,(H,45,47)(H,46,48)(H,55,56)(H,57,58)/t31?,32?,33?,34?,37-,38-/m0/s1. The van der Waals surface area contributed by atoms with Gasteiger partial charge in [-0.1, -0.05) is 48.5 Å². The van der Waals surface area contributed by atoms with Gasteiger partial charge in [-0.15, -0.1) is 0 Å². The molecular formula is C44H54N8O6. The minimum absolute atomic E-state index is 0.0281. The Morgan fingerprint density at radius 3 is 1.24 bits per heavy atom. The van der Waals surface area contributed by atoms with Gasteiger partial charge in [0, 0.05) is 51.1 Å². The molecule has 2 aliphatic carbocycles. The maximum Gasteiger partial charge on any atom is 0.407 e. The van der Waals surface area contributed by atoms with Crippen LogP contribution >= 0.6 is 0 Å². The quantitative estimate of drug-likeness (QED) is 0.133. The van der Waals surface area contributed by atoms with Gasteiger partial charge in [0.25, 0.3) is 0 Å². The van der Waals surface area contributed by atoms with Gasteiger partial charge in [0.2, 0.25) is 11.8 Å². The molecule has 2 saturated heterocycles. The number of rotatable bonds is 9. The molecule has 4 amide bonds. The van der Waals surface area contributed by atoms with Gasteiger partial charge in [0.05, 0.1) is 35.9 Å². The lowest BCUT2D eigenvalue weighted by Gasteiger charge is -2.35. The summed E-state index contributed by atoms with van der Waals surface area (Å²) >= 11 is 0. The molecule has 0 bridgehead atoms. The molecule has 58 heavy (non-hydrogen) atoms. The summed E-state index contributed by atoms with van der Waals surface area (Å²) in [4.78, 5) is 73.3. The molecule has 306 valence electrons. The van der Waals surface area contributed by atoms with E-state index in [4.69, 9.17) is 9.97 Å². The van der Waals surface area contributed by atoms with Crippen LogP contribution in [-0.2, 0) is 9.59 Å². The minimum Gasteiger partial charge on any atom is -0.465 e. The number of likely N-dealkylation sites (tertiary alicyclic amines) is 2. The number of hydrogen-bond donors (Lipinski definition) is 4. The molecule has 4 N–H and O–H groups in total. The predicted molar refractivity (Wildman–Crippen MR) is 217 cm³/mol. The maximum absolute atomic E-state index is 13.6. The van der Waals surface area contributed by atoms with Crippen molar-refractivity contribution >= 4 is 24.0 Å². The number of carbonyl (C=O) groups excluding carboxylic acids is 2. The van der Waals surface area contributed by atoms with Crippen LogP contribution in [0.1, 0.15) is 101 Å². The Morgan fingerprint density at radius 1 is 0.552 bits per heavy atom. The van der Waals surface area contributed by atoms with Crippen LogP contribution in [0.15, 0.2) is 60.9 Å². The number of amides is 4. The number of benzene rings is 2. The fourth-order valence-corrected chi connectivity index (χ4v) is 9.82. The lowest BCUT2D eigenvalue weighted by Crippen LogP contribution is -2.42. The molecule has 8 rings (SSSR count). The Morgan fingerprint density at radius 2 is 0.897 bits per heavy atom. The van der Waals surface area contributed by atoms with E-state index in [0.29, 0.717) is 64.5 Å². The number of H-pyrrole nitrogens is 2. The van der Waals surface area contributed by atoms with Crippen molar-refractivity contribution in [2.45, 2.75) is 101 Å². The number of hydrogen-bond acceptors (Lipinski definition) is 6. The molecule has 14 heteroatoms. The fourth-order valence-electron chi connectivity index (χ4n) is 9.82. The summed E-state index contributed by atoms with van der Waals surface area (Å²) in [5.41, 5.74) is 6.00. The van der Waals surface area contributed by atoms with E-state index in [2.05, 4.69) is 58.5 Å². The number of carboxylic acid groups (broad SMARTS) is 2. The first-order valence-corrected chi connectivity index (χ1v) is 20.9. The van der Waals surface area contributed by atoms with Crippen LogP contribution in [0.3, 0.4) is 0 Å². The molecule has 0 radical (unpaired) electrons. The van der Waals surface area contributed by atoms with E-state index in [1.54, 1.807) is 14.1 Å². The molecule has 2 atom stereocenters. The van der Waals surface area contributed by atoms with Crippen molar-refractivity contribution in [2.24, 2.45) is 11.8 Å². The molecule has 2 aromatic heterocycles. The van der Waals surface area contributed by atoms with Crippen LogP contribution in [-0.4, -0.2) is 113 Å². The second kappa shape index (κ2) is 16.7. The second-order valence-corrected chi connectivity index (χ2v) is 16.7. The van der Waals surface area contributed by atoms with E-state index in [1.165, 1.54) is 9.80 Å². The summed E-state index contributed by atoms with van der Waals surface area (Å²) in [6.07, 6.45) is 11.1.